The molecule has 0 atom stereocenters. The number of urea groups is 1. The summed E-state index contributed by atoms with van der Waals surface area (Å²) >= 11 is 0. The van der Waals surface area contributed by atoms with Gasteiger partial charge in [0, 0.05) is 24.2 Å². The van der Waals surface area contributed by atoms with E-state index in [1.807, 2.05) is 43.3 Å². The van der Waals surface area contributed by atoms with Crippen LogP contribution in [0.4, 0.5) is 10.5 Å². The van der Waals surface area contributed by atoms with Crippen LogP contribution in [0.15, 0.2) is 53.1 Å². The lowest BCUT2D eigenvalue weighted by Gasteiger charge is -2.09. The van der Waals surface area contributed by atoms with Crippen LogP contribution in [0.25, 0.3) is 11.4 Å². The SMILES string of the molecule is CCc1nc(-c2ccc(NC(=O)NCc3cccc(OC)c3)cc2)no1. The Kier molecular flexibility index (Phi) is 5.48. The Labute approximate surface area is 151 Å². The largest absolute Gasteiger partial charge is 0.497 e. The number of methoxy groups -OCH3 is 1. The van der Waals surface area contributed by atoms with Crippen molar-refractivity contribution in [3.05, 3.63) is 60.0 Å². The summed E-state index contributed by atoms with van der Waals surface area (Å²) in [5.41, 5.74) is 2.46. The molecule has 0 radical (unpaired) electrons. The molecule has 3 rings (SSSR count). The van der Waals surface area contributed by atoms with Gasteiger partial charge in [0.05, 0.1) is 7.11 Å². The number of hydrogen-bond donors (Lipinski definition) is 2. The van der Waals surface area contributed by atoms with Crippen molar-refractivity contribution in [1.82, 2.24) is 15.5 Å². The topological polar surface area (TPSA) is 89.3 Å². The summed E-state index contributed by atoms with van der Waals surface area (Å²) in [5.74, 6) is 1.89. The third-order valence-corrected chi connectivity index (χ3v) is 3.76. The van der Waals surface area contributed by atoms with Crippen molar-refractivity contribution in [2.75, 3.05) is 12.4 Å². The van der Waals surface area contributed by atoms with Gasteiger partial charge in [-0.1, -0.05) is 24.2 Å². The number of carbonyl (C=O) groups is 1. The maximum atomic E-state index is 12.0. The van der Waals surface area contributed by atoms with E-state index in [1.54, 1.807) is 19.2 Å². The van der Waals surface area contributed by atoms with E-state index >= 15 is 0 Å². The zero-order valence-electron chi connectivity index (χ0n) is 14.7. The summed E-state index contributed by atoms with van der Waals surface area (Å²) in [4.78, 5) is 16.3. The maximum Gasteiger partial charge on any atom is 0.319 e. The van der Waals surface area contributed by atoms with Gasteiger partial charge in [0.25, 0.3) is 0 Å². The average Bonchev–Trinajstić information content (AvgIpc) is 3.16. The Bertz CT molecular complexity index is 875. The van der Waals surface area contributed by atoms with Gasteiger partial charge in [-0.05, 0) is 42.0 Å². The molecule has 7 heteroatoms. The highest BCUT2D eigenvalue weighted by Crippen LogP contribution is 2.19. The van der Waals surface area contributed by atoms with E-state index < -0.39 is 0 Å². The summed E-state index contributed by atoms with van der Waals surface area (Å²) in [7, 11) is 1.61. The van der Waals surface area contributed by atoms with Gasteiger partial charge in [0.15, 0.2) is 0 Å². The molecule has 134 valence electrons. The standard InChI is InChI=1S/C19H20N4O3/c1-3-17-22-18(23-26-17)14-7-9-15(10-8-14)21-19(24)20-12-13-5-4-6-16(11-13)25-2/h4-11H,3,12H2,1-2H3,(H2,20,21,24). The molecule has 26 heavy (non-hydrogen) atoms. The number of nitrogens with zero attached hydrogens (tertiary/aromatic N) is 2. The predicted octanol–water partition coefficient (Wildman–Crippen LogP) is 3.63. The first kappa shape index (κ1) is 17.5. The van der Waals surface area contributed by atoms with E-state index in [1.165, 1.54) is 0 Å². The van der Waals surface area contributed by atoms with Crippen LogP contribution < -0.4 is 15.4 Å². The molecule has 1 aromatic heterocycles. The van der Waals surface area contributed by atoms with Gasteiger partial charge >= 0.3 is 6.03 Å². The zero-order valence-corrected chi connectivity index (χ0v) is 14.7. The van der Waals surface area contributed by atoms with E-state index in [0.29, 0.717) is 30.4 Å². The third kappa shape index (κ3) is 4.38. The Hall–Kier alpha value is -3.35. The Morgan fingerprint density at radius 3 is 2.69 bits per heavy atom. The van der Waals surface area contributed by atoms with E-state index in [2.05, 4.69) is 20.8 Å². The van der Waals surface area contributed by atoms with Gasteiger partial charge in [-0.25, -0.2) is 4.79 Å². The van der Waals surface area contributed by atoms with Crippen molar-refractivity contribution < 1.29 is 14.1 Å². The van der Waals surface area contributed by atoms with Crippen molar-refractivity contribution in [2.45, 2.75) is 19.9 Å². The number of carbonyl (C=O) groups excluding carboxylic acids is 1. The molecule has 3 aromatic rings. The highest BCUT2D eigenvalue weighted by Gasteiger charge is 2.08. The molecule has 7 nitrogen and oxygen atoms in total. The number of aromatic nitrogens is 2. The monoisotopic (exact) mass is 352 g/mol. The molecule has 2 aromatic carbocycles. The molecule has 0 unspecified atom stereocenters. The minimum atomic E-state index is -0.284. The van der Waals surface area contributed by atoms with Crippen LogP contribution in [-0.4, -0.2) is 23.3 Å². The summed E-state index contributed by atoms with van der Waals surface area (Å²) in [6.45, 7) is 2.36. The molecule has 2 amide bonds. The average molecular weight is 352 g/mol. The van der Waals surface area contributed by atoms with Crippen LogP contribution in [0, 0.1) is 0 Å². The Morgan fingerprint density at radius 1 is 1.19 bits per heavy atom. The Morgan fingerprint density at radius 2 is 2.00 bits per heavy atom. The number of benzene rings is 2. The molecule has 2 N–H and O–H groups in total. The highest BCUT2D eigenvalue weighted by molar-refractivity contribution is 5.89. The molecule has 0 spiro atoms. The van der Waals surface area contributed by atoms with E-state index in [4.69, 9.17) is 9.26 Å². The summed E-state index contributed by atoms with van der Waals surface area (Å²) in [5, 5.41) is 9.53. The fourth-order valence-corrected chi connectivity index (χ4v) is 2.36. The first-order valence-electron chi connectivity index (χ1n) is 8.28. The molecule has 0 fully saturated rings. The molecule has 0 aliphatic heterocycles. The number of nitrogens with one attached hydrogen (secondary N) is 2. The normalized spacial score (nSPS) is 10.4. The van der Waals surface area contributed by atoms with Gasteiger partial charge in [0.1, 0.15) is 5.75 Å². The highest BCUT2D eigenvalue weighted by atomic mass is 16.5. The van der Waals surface area contributed by atoms with Crippen LogP contribution in [0.1, 0.15) is 18.4 Å². The first-order chi connectivity index (χ1) is 12.7. The molecule has 0 saturated heterocycles. The van der Waals surface area contributed by atoms with Crippen molar-refractivity contribution in [1.29, 1.82) is 0 Å². The molecule has 0 bridgehead atoms. The number of ether oxygens (including phenoxy) is 1. The van der Waals surface area contributed by atoms with E-state index in [0.717, 1.165) is 16.9 Å². The van der Waals surface area contributed by atoms with Gasteiger partial charge < -0.3 is 19.9 Å². The third-order valence-electron chi connectivity index (χ3n) is 3.76. The Balaban J connectivity index is 1.55. The fraction of sp³-hybridized carbons (Fsp3) is 0.211. The first-order valence-corrected chi connectivity index (χ1v) is 8.28. The van der Waals surface area contributed by atoms with Gasteiger partial charge in [0.2, 0.25) is 11.7 Å². The van der Waals surface area contributed by atoms with Gasteiger partial charge in [-0.2, -0.15) is 4.98 Å². The van der Waals surface area contributed by atoms with Crippen molar-refractivity contribution >= 4 is 11.7 Å². The minimum Gasteiger partial charge on any atom is -0.497 e. The van der Waals surface area contributed by atoms with Crippen LogP contribution in [-0.2, 0) is 13.0 Å². The van der Waals surface area contributed by atoms with Crippen molar-refractivity contribution in [3.8, 4) is 17.1 Å². The predicted molar refractivity (Wildman–Crippen MR) is 98.0 cm³/mol. The number of rotatable bonds is 6. The lowest BCUT2D eigenvalue weighted by Crippen LogP contribution is -2.28. The van der Waals surface area contributed by atoms with Crippen LogP contribution in [0.3, 0.4) is 0 Å². The van der Waals surface area contributed by atoms with Crippen molar-refractivity contribution in [3.63, 3.8) is 0 Å². The lowest BCUT2D eigenvalue weighted by molar-refractivity contribution is 0.251. The van der Waals surface area contributed by atoms with Gasteiger partial charge in [-0.15, -0.1) is 0 Å². The fourth-order valence-electron chi connectivity index (χ4n) is 2.36. The summed E-state index contributed by atoms with van der Waals surface area (Å²) in [6.07, 6.45) is 0.695. The lowest BCUT2D eigenvalue weighted by atomic mass is 10.2. The smallest absolute Gasteiger partial charge is 0.319 e. The number of amides is 2. The molecule has 0 saturated carbocycles. The van der Waals surface area contributed by atoms with Crippen molar-refractivity contribution in [2.24, 2.45) is 0 Å². The maximum absolute atomic E-state index is 12.0. The quantitative estimate of drug-likeness (QED) is 0.707. The number of aryl methyl sites for hydroxylation is 1. The minimum absolute atomic E-state index is 0.284. The van der Waals surface area contributed by atoms with Crippen LogP contribution in [0.2, 0.25) is 0 Å². The van der Waals surface area contributed by atoms with Crippen LogP contribution >= 0.6 is 0 Å². The molecular weight excluding hydrogens is 332 g/mol. The summed E-state index contributed by atoms with van der Waals surface area (Å²) in [6, 6.07) is 14.5. The zero-order chi connectivity index (χ0) is 18.4. The number of anilines is 1. The van der Waals surface area contributed by atoms with E-state index in [9.17, 15) is 4.79 Å². The van der Waals surface area contributed by atoms with Gasteiger partial charge in [-0.3, -0.25) is 0 Å². The second kappa shape index (κ2) is 8.15. The molecular formula is C19H20N4O3. The van der Waals surface area contributed by atoms with E-state index in [-0.39, 0.29) is 6.03 Å². The number of hydrogen-bond acceptors (Lipinski definition) is 5. The molecule has 0 aliphatic rings. The molecule has 0 aliphatic carbocycles. The molecule has 1 heterocycles. The van der Waals surface area contributed by atoms with Crippen LogP contribution in [0.5, 0.6) is 5.75 Å². The second-order valence-electron chi connectivity index (χ2n) is 5.60. The second-order valence-corrected chi connectivity index (χ2v) is 5.60. The summed E-state index contributed by atoms with van der Waals surface area (Å²) < 4.78 is 10.3.